The molecular weight excluding hydrogens is 283 g/mol. The maximum Gasteiger partial charge on any atom is 0.225 e. The number of anilines is 1. The van der Waals surface area contributed by atoms with Gasteiger partial charge in [-0.1, -0.05) is 6.07 Å². The zero-order valence-electron chi connectivity index (χ0n) is 12.6. The van der Waals surface area contributed by atoms with Gasteiger partial charge in [0, 0.05) is 24.8 Å². The van der Waals surface area contributed by atoms with Gasteiger partial charge in [0.25, 0.3) is 0 Å². The van der Waals surface area contributed by atoms with Crippen molar-refractivity contribution < 1.29 is 9.13 Å². The summed E-state index contributed by atoms with van der Waals surface area (Å²) in [4.78, 5) is 14.4. The average Bonchev–Trinajstić information content (AvgIpc) is 2.55. The highest BCUT2D eigenvalue weighted by atomic mass is 19.1. The van der Waals surface area contributed by atoms with Crippen LogP contribution in [0.1, 0.15) is 18.4 Å². The number of pyridine rings is 1. The van der Waals surface area contributed by atoms with Crippen molar-refractivity contribution in [2.45, 2.75) is 19.8 Å². The van der Waals surface area contributed by atoms with Crippen LogP contribution in [-0.4, -0.2) is 34.6 Å². The molecule has 0 bridgehead atoms. The summed E-state index contributed by atoms with van der Waals surface area (Å²) >= 11 is 0. The number of aromatic nitrogens is 3. The monoisotopic (exact) mass is 302 g/mol. The third-order valence-electron chi connectivity index (χ3n) is 3.92. The van der Waals surface area contributed by atoms with Crippen LogP contribution in [0, 0.1) is 18.7 Å². The lowest BCUT2D eigenvalue weighted by molar-refractivity contribution is 0.214. The van der Waals surface area contributed by atoms with Gasteiger partial charge in [-0.05, 0) is 31.7 Å². The predicted molar refractivity (Wildman–Crippen MR) is 81.4 cm³/mol. The first-order chi connectivity index (χ1) is 10.7. The van der Waals surface area contributed by atoms with Crippen LogP contribution in [0.5, 0.6) is 5.88 Å². The van der Waals surface area contributed by atoms with Gasteiger partial charge in [-0.15, -0.1) is 0 Å². The summed E-state index contributed by atoms with van der Waals surface area (Å²) < 4.78 is 18.7. The van der Waals surface area contributed by atoms with Gasteiger partial charge in [0.1, 0.15) is 0 Å². The quantitative estimate of drug-likeness (QED) is 0.869. The summed E-state index contributed by atoms with van der Waals surface area (Å²) in [6.45, 7) is 4.40. The van der Waals surface area contributed by atoms with E-state index in [9.17, 15) is 4.39 Å². The molecule has 1 aliphatic heterocycles. The number of piperidine rings is 1. The van der Waals surface area contributed by atoms with Crippen molar-refractivity contribution in [3.05, 3.63) is 42.1 Å². The summed E-state index contributed by atoms with van der Waals surface area (Å²) in [5.74, 6) is 1.41. The van der Waals surface area contributed by atoms with Gasteiger partial charge < -0.3 is 9.64 Å². The minimum Gasteiger partial charge on any atom is -0.477 e. The number of hydrogen-bond donors (Lipinski definition) is 0. The molecule has 2 aromatic heterocycles. The van der Waals surface area contributed by atoms with E-state index in [1.54, 1.807) is 6.20 Å². The van der Waals surface area contributed by atoms with E-state index in [-0.39, 0.29) is 0 Å². The minimum absolute atomic E-state index is 0.405. The van der Waals surface area contributed by atoms with Crippen LogP contribution in [0.2, 0.25) is 0 Å². The smallest absolute Gasteiger partial charge is 0.225 e. The molecule has 0 N–H and O–H groups in total. The highest BCUT2D eigenvalue weighted by Gasteiger charge is 2.21. The molecule has 3 heterocycles. The second kappa shape index (κ2) is 6.68. The van der Waals surface area contributed by atoms with Crippen LogP contribution < -0.4 is 9.64 Å². The first-order valence-corrected chi connectivity index (χ1v) is 7.49. The predicted octanol–water partition coefficient (Wildman–Crippen LogP) is 2.61. The molecule has 0 radical (unpaired) electrons. The molecule has 22 heavy (non-hydrogen) atoms. The molecule has 1 fully saturated rings. The third kappa shape index (κ3) is 3.50. The Bertz CT molecular complexity index is 612. The molecule has 1 saturated heterocycles. The zero-order chi connectivity index (χ0) is 15.4. The van der Waals surface area contributed by atoms with Crippen LogP contribution in [0.25, 0.3) is 0 Å². The lowest BCUT2D eigenvalue weighted by Gasteiger charge is -2.31. The number of rotatable bonds is 4. The Morgan fingerprint density at radius 2 is 1.95 bits per heavy atom. The summed E-state index contributed by atoms with van der Waals surface area (Å²) in [7, 11) is 0. The van der Waals surface area contributed by atoms with Gasteiger partial charge >= 0.3 is 0 Å². The van der Waals surface area contributed by atoms with Gasteiger partial charge in [-0.3, -0.25) is 0 Å². The van der Waals surface area contributed by atoms with E-state index in [1.165, 1.54) is 12.4 Å². The van der Waals surface area contributed by atoms with Gasteiger partial charge in [0.05, 0.1) is 19.0 Å². The molecule has 3 rings (SSSR count). The van der Waals surface area contributed by atoms with Crippen LogP contribution in [0.15, 0.2) is 30.7 Å². The van der Waals surface area contributed by atoms with Crippen LogP contribution in [0.4, 0.5) is 10.3 Å². The standard InChI is InChI=1S/C16H19FN4O/c1-12-3-2-6-18-15(12)22-11-13-4-7-21(8-5-13)16-19-9-14(17)10-20-16/h2-3,6,9-10,13H,4-5,7-8,11H2,1H3. The molecule has 2 aromatic rings. The molecule has 5 nitrogen and oxygen atoms in total. The SMILES string of the molecule is Cc1cccnc1OCC1CCN(c2ncc(F)cn2)CC1. The second-order valence-corrected chi connectivity index (χ2v) is 5.57. The first kappa shape index (κ1) is 14.7. The van der Waals surface area contributed by atoms with Crippen molar-refractivity contribution in [1.29, 1.82) is 0 Å². The molecule has 6 heteroatoms. The third-order valence-corrected chi connectivity index (χ3v) is 3.92. The lowest BCUT2D eigenvalue weighted by atomic mass is 9.98. The molecular formula is C16H19FN4O. The number of hydrogen-bond acceptors (Lipinski definition) is 5. The van der Waals surface area contributed by atoms with Crippen LogP contribution in [-0.2, 0) is 0 Å². The van der Waals surface area contributed by atoms with Crippen molar-refractivity contribution in [3.8, 4) is 5.88 Å². The number of nitrogens with zero attached hydrogens (tertiary/aromatic N) is 4. The van der Waals surface area contributed by atoms with Crippen molar-refractivity contribution in [2.24, 2.45) is 5.92 Å². The van der Waals surface area contributed by atoms with E-state index in [4.69, 9.17) is 4.74 Å². The Labute approximate surface area is 129 Å². The fourth-order valence-electron chi connectivity index (χ4n) is 2.59. The van der Waals surface area contributed by atoms with Crippen molar-refractivity contribution in [1.82, 2.24) is 15.0 Å². The van der Waals surface area contributed by atoms with Crippen molar-refractivity contribution in [2.75, 3.05) is 24.6 Å². The largest absolute Gasteiger partial charge is 0.477 e. The molecule has 0 saturated carbocycles. The fourth-order valence-corrected chi connectivity index (χ4v) is 2.59. The fraction of sp³-hybridized carbons (Fsp3) is 0.438. The molecule has 0 spiro atoms. The number of aryl methyl sites for hydroxylation is 1. The second-order valence-electron chi connectivity index (χ2n) is 5.57. The van der Waals surface area contributed by atoms with Crippen molar-refractivity contribution >= 4 is 5.95 Å². The highest BCUT2D eigenvalue weighted by molar-refractivity contribution is 5.29. The summed E-state index contributed by atoms with van der Waals surface area (Å²) in [6, 6.07) is 3.90. The summed E-state index contributed by atoms with van der Waals surface area (Å²) in [6.07, 6.45) is 6.18. The van der Waals surface area contributed by atoms with E-state index in [2.05, 4.69) is 19.9 Å². The van der Waals surface area contributed by atoms with E-state index in [0.29, 0.717) is 24.4 Å². The Morgan fingerprint density at radius 1 is 1.23 bits per heavy atom. The van der Waals surface area contributed by atoms with Gasteiger partial charge in [0.2, 0.25) is 11.8 Å². The van der Waals surface area contributed by atoms with E-state index in [0.717, 1.165) is 31.5 Å². The highest BCUT2D eigenvalue weighted by Crippen LogP contribution is 2.22. The van der Waals surface area contributed by atoms with E-state index in [1.807, 2.05) is 19.1 Å². The Morgan fingerprint density at radius 3 is 2.64 bits per heavy atom. The Hall–Kier alpha value is -2.24. The van der Waals surface area contributed by atoms with Gasteiger partial charge in [-0.2, -0.15) is 0 Å². The van der Waals surface area contributed by atoms with E-state index < -0.39 is 5.82 Å². The number of halogens is 1. The van der Waals surface area contributed by atoms with Crippen LogP contribution in [0.3, 0.4) is 0 Å². The molecule has 0 atom stereocenters. The first-order valence-electron chi connectivity index (χ1n) is 7.49. The number of ether oxygens (including phenoxy) is 1. The Kier molecular flexibility index (Phi) is 4.46. The molecule has 1 aliphatic rings. The Balaban J connectivity index is 1.49. The molecule has 0 unspecified atom stereocenters. The molecule has 0 amide bonds. The lowest BCUT2D eigenvalue weighted by Crippen LogP contribution is -2.36. The van der Waals surface area contributed by atoms with Crippen molar-refractivity contribution in [3.63, 3.8) is 0 Å². The maximum absolute atomic E-state index is 12.8. The van der Waals surface area contributed by atoms with Gasteiger partial charge in [0.15, 0.2) is 5.82 Å². The topological polar surface area (TPSA) is 51.1 Å². The normalized spacial score (nSPS) is 15.8. The zero-order valence-corrected chi connectivity index (χ0v) is 12.6. The van der Waals surface area contributed by atoms with Crippen LogP contribution >= 0.6 is 0 Å². The molecule has 0 aliphatic carbocycles. The maximum atomic E-state index is 12.8. The summed E-state index contributed by atoms with van der Waals surface area (Å²) in [5, 5.41) is 0. The minimum atomic E-state index is -0.405. The molecule has 0 aromatic carbocycles. The molecule has 116 valence electrons. The summed E-state index contributed by atoms with van der Waals surface area (Å²) in [5.41, 5.74) is 1.06. The van der Waals surface area contributed by atoms with E-state index >= 15 is 0 Å². The average molecular weight is 302 g/mol. The van der Waals surface area contributed by atoms with Gasteiger partial charge in [-0.25, -0.2) is 19.3 Å².